The largest absolute Gasteiger partial charge is 0.480 e. The fourth-order valence-corrected chi connectivity index (χ4v) is 5.11. The molecule has 142 valence electrons. The van der Waals surface area contributed by atoms with Crippen molar-refractivity contribution in [2.24, 2.45) is 0 Å². The molecule has 0 bridgehead atoms. The van der Waals surface area contributed by atoms with Crippen molar-refractivity contribution in [2.45, 2.75) is 23.9 Å². The third-order valence-electron chi connectivity index (χ3n) is 5.06. The number of carboxylic acid groups (broad SMARTS) is 1. The second kappa shape index (κ2) is 7.22. The number of aliphatic carboxylic acids is 1. The third-order valence-corrected chi connectivity index (χ3v) is 6.93. The second-order valence-corrected chi connectivity index (χ2v) is 8.66. The van der Waals surface area contributed by atoms with Gasteiger partial charge in [-0.1, -0.05) is 66.7 Å². The number of hydrogen-bond donors (Lipinski definition) is 1. The van der Waals surface area contributed by atoms with Crippen LogP contribution in [0.25, 0.3) is 11.1 Å². The van der Waals surface area contributed by atoms with Crippen molar-refractivity contribution >= 4 is 16.0 Å². The van der Waals surface area contributed by atoms with Gasteiger partial charge in [0.05, 0.1) is 4.90 Å². The molecule has 1 aliphatic heterocycles. The molecule has 1 aliphatic rings. The van der Waals surface area contributed by atoms with Crippen LogP contribution in [0.3, 0.4) is 0 Å². The smallest absolute Gasteiger partial charge is 0.322 e. The number of fused-ring (bicyclic) bond motifs is 1. The van der Waals surface area contributed by atoms with Crippen LogP contribution in [0.1, 0.15) is 11.1 Å². The Labute approximate surface area is 163 Å². The molecule has 28 heavy (non-hydrogen) atoms. The molecule has 0 saturated heterocycles. The van der Waals surface area contributed by atoms with E-state index in [1.165, 1.54) is 12.1 Å². The van der Waals surface area contributed by atoms with Crippen molar-refractivity contribution < 1.29 is 18.3 Å². The molecule has 0 aromatic heterocycles. The maximum absolute atomic E-state index is 13.2. The molecular formula is C22H19NO4S. The highest BCUT2D eigenvalue weighted by atomic mass is 32.2. The predicted octanol–water partition coefficient (Wildman–Crippen LogP) is 3.55. The standard InChI is InChI=1S/C22H19NO4S/c24-22(25)21-14-18-8-4-5-9-19(18)15-23(21)28(26,27)20-12-10-17(11-13-20)16-6-2-1-3-7-16/h1-13,21H,14-15H2,(H,24,25). The first-order valence-electron chi connectivity index (χ1n) is 8.94. The molecule has 1 heterocycles. The van der Waals surface area contributed by atoms with E-state index in [1.807, 2.05) is 54.6 Å². The van der Waals surface area contributed by atoms with Gasteiger partial charge in [0.1, 0.15) is 6.04 Å². The lowest BCUT2D eigenvalue weighted by Gasteiger charge is -2.33. The van der Waals surface area contributed by atoms with Gasteiger partial charge in [-0.05, 0) is 34.4 Å². The summed E-state index contributed by atoms with van der Waals surface area (Å²) in [5.41, 5.74) is 3.60. The number of benzene rings is 3. The Bertz CT molecular complexity index is 1110. The van der Waals surface area contributed by atoms with Crippen LogP contribution in [0, 0.1) is 0 Å². The van der Waals surface area contributed by atoms with Gasteiger partial charge in [0.15, 0.2) is 0 Å². The van der Waals surface area contributed by atoms with Crippen LogP contribution in [0.5, 0.6) is 0 Å². The minimum absolute atomic E-state index is 0.0515. The minimum atomic E-state index is -3.95. The van der Waals surface area contributed by atoms with Gasteiger partial charge in [0.25, 0.3) is 0 Å². The van der Waals surface area contributed by atoms with E-state index in [0.717, 1.165) is 26.6 Å². The Morgan fingerprint density at radius 3 is 2.04 bits per heavy atom. The first-order chi connectivity index (χ1) is 13.5. The fourth-order valence-electron chi connectivity index (χ4n) is 3.55. The number of carbonyl (C=O) groups is 1. The van der Waals surface area contributed by atoms with E-state index in [0.29, 0.717) is 0 Å². The maximum atomic E-state index is 13.2. The molecule has 0 amide bonds. The van der Waals surface area contributed by atoms with Crippen LogP contribution in [0.2, 0.25) is 0 Å². The van der Waals surface area contributed by atoms with Gasteiger partial charge in [-0.3, -0.25) is 4.79 Å². The summed E-state index contributed by atoms with van der Waals surface area (Å²) in [5.74, 6) is -1.14. The van der Waals surface area contributed by atoms with Gasteiger partial charge in [-0.15, -0.1) is 0 Å². The summed E-state index contributed by atoms with van der Waals surface area (Å²) in [7, 11) is -3.95. The second-order valence-electron chi connectivity index (χ2n) is 6.77. The quantitative estimate of drug-likeness (QED) is 0.736. The van der Waals surface area contributed by atoms with Crippen molar-refractivity contribution in [1.29, 1.82) is 0 Å². The Hall–Kier alpha value is -2.96. The maximum Gasteiger partial charge on any atom is 0.322 e. The monoisotopic (exact) mass is 393 g/mol. The highest BCUT2D eigenvalue weighted by Crippen LogP contribution is 2.30. The van der Waals surface area contributed by atoms with Crippen molar-refractivity contribution in [1.82, 2.24) is 4.31 Å². The molecule has 0 saturated carbocycles. The zero-order valence-corrected chi connectivity index (χ0v) is 15.8. The average molecular weight is 393 g/mol. The number of rotatable bonds is 4. The summed E-state index contributed by atoms with van der Waals surface area (Å²) in [6.07, 6.45) is 0.160. The average Bonchev–Trinajstić information content (AvgIpc) is 2.73. The molecule has 6 heteroatoms. The normalized spacial score (nSPS) is 17.1. The molecule has 0 fully saturated rings. The van der Waals surface area contributed by atoms with Crippen LogP contribution in [-0.4, -0.2) is 29.8 Å². The number of nitrogens with zero attached hydrogens (tertiary/aromatic N) is 1. The zero-order chi connectivity index (χ0) is 19.7. The Morgan fingerprint density at radius 2 is 1.39 bits per heavy atom. The van der Waals surface area contributed by atoms with E-state index >= 15 is 0 Å². The molecule has 0 radical (unpaired) electrons. The van der Waals surface area contributed by atoms with Gasteiger partial charge in [0.2, 0.25) is 10.0 Å². The molecule has 3 aromatic carbocycles. The van der Waals surface area contributed by atoms with E-state index < -0.39 is 22.0 Å². The van der Waals surface area contributed by atoms with Crippen LogP contribution in [-0.2, 0) is 27.8 Å². The van der Waals surface area contributed by atoms with Crippen LogP contribution in [0.15, 0.2) is 83.8 Å². The summed E-state index contributed by atoms with van der Waals surface area (Å²) >= 11 is 0. The van der Waals surface area contributed by atoms with Gasteiger partial charge < -0.3 is 5.11 Å². The van der Waals surface area contributed by atoms with E-state index in [2.05, 4.69) is 0 Å². The Balaban J connectivity index is 1.70. The van der Waals surface area contributed by atoms with Crippen LogP contribution >= 0.6 is 0 Å². The lowest BCUT2D eigenvalue weighted by Crippen LogP contribution is -2.48. The van der Waals surface area contributed by atoms with Gasteiger partial charge >= 0.3 is 5.97 Å². The van der Waals surface area contributed by atoms with Crippen LogP contribution < -0.4 is 0 Å². The third kappa shape index (κ3) is 3.32. The lowest BCUT2D eigenvalue weighted by molar-refractivity contribution is -0.141. The van der Waals surface area contributed by atoms with Gasteiger partial charge in [-0.25, -0.2) is 8.42 Å². The molecule has 1 atom stereocenters. The molecule has 0 spiro atoms. The van der Waals surface area contributed by atoms with E-state index in [4.69, 9.17) is 0 Å². The molecule has 4 rings (SSSR count). The molecule has 5 nitrogen and oxygen atoms in total. The van der Waals surface area contributed by atoms with Gasteiger partial charge in [0, 0.05) is 13.0 Å². The summed E-state index contributed by atoms with van der Waals surface area (Å²) in [4.78, 5) is 11.9. The first kappa shape index (κ1) is 18.4. The number of hydrogen-bond acceptors (Lipinski definition) is 3. The molecular weight excluding hydrogens is 374 g/mol. The number of carboxylic acids is 1. The Kier molecular flexibility index (Phi) is 4.75. The molecule has 1 N–H and O–H groups in total. The highest BCUT2D eigenvalue weighted by Gasteiger charge is 2.39. The van der Waals surface area contributed by atoms with E-state index in [9.17, 15) is 18.3 Å². The van der Waals surface area contributed by atoms with E-state index in [-0.39, 0.29) is 17.9 Å². The zero-order valence-electron chi connectivity index (χ0n) is 15.0. The molecule has 1 unspecified atom stereocenters. The summed E-state index contributed by atoms with van der Waals surface area (Å²) in [5, 5.41) is 9.63. The summed E-state index contributed by atoms with van der Waals surface area (Å²) in [6.45, 7) is 0.0515. The first-order valence-corrected chi connectivity index (χ1v) is 10.4. The van der Waals surface area contributed by atoms with Crippen molar-refractivity contribution in [3.8, 4) is 11.1 Å². The van der Waals surface area contributed by atoms with E-state index in [1.54, 1.807) is 12.1 Å². The van der Waals surface area contributed by atoms with Crippen LogP contribution in [0.4, 0.5) is 0 Å². The minimum Gasteiger partial charge on any atom is -0.480 e. The highest BCUT2D eigenvalue weighted by molar-refractivity contribution is 7.89. The molecule has 0 aliphatic carbocycles. The van der Waals surface area contributed by atoms with Crippen molar-refractivity contribution in [2.75, 3.05) is 0 Å². The van der Waals surface area contributed by atoms with Gasteiger partial charge in [-0.2, -0.15) is 4.31 Å². The summed E-state index contributed by atoms with van der Waals surface area (Å²) in [6, 6.07) is 22.5. The van der Waals surface area contributed by atoms with Crippen molar-refractivity contribution in [3.63, 3.8) is 0 Å². The Morgan fingerprint density at radius 1 is 0.821 bits per heavy atom. The lowest BCUT2D eigenvalue weighted by atomic mass is 9.96. The van der Waals surface area contributed by atoms with Crippen molar-refractivity contribution in [3.05, 3.63) is 90.0 Å². The summed E-state index contributed by atoms with van der Waals surface area (Å²) < 4.78 is 27.5. The topological polar surface area (TPSA) is 74.7 Å². The predicted molar refractivity (Wildman–Crippen MR) is 106 cm³/mol. The number of sulfonamides is 1. The molecule has 3 aromatic rings. The fraction of sp³-hybridized carbons (Fsp3) is 0.136. The SMILES string of the molecule is O=C(O)C1Cc2ccccc2CN1S(=O)(=O)c1ccc(-c2ccccc2)cc1.